The van der Waals surface area contributed by atoms with Gasteiger partial charge in [0.2, 0.25) is 0 Å². The lowest BCUT2D eigenvalue weighted by molar-refractivity contribution is 0.0173. The molecular weight excluding hydrogens is 290 g/mol. The Balaban J connectivity index is 1.55. The van der Waals surface area contributed by atoms with Gasteiger partial charge in [-0.15, -0.1) is 10.2 Å². The zero-order valence-corrected chi connectivity index (χ0v) is 13.1. The van der Waals surface area contributed by atoms with Crippen LogP contribution in [0.4, 0.5) is 10.5 Å². The molecule has 2 aliphatic heterocycles. The van der Waals surface area contributed by atoms with E-state index in [1.54, 1.807) is 12.4 Å². The highest BCUT2D eigenvalue weighted by atomic mass is 16.2. The lowest BCUT2D eigenvalue weighted by Crippen LogP contribution is -2.62. The minimum Gasteiger partial charge on any atom is -0.318 e. The van der Waals surface area contributed by atoms with E-state index < -0.39 is 0 Å². The molecule has 2 fully saturated rings. The summed E-state index contributed by atoms with van der Waals surface area (Å²) in [7, 11) is 0. The van der Waals surface area contributed by atoms with E-state index >= 15 is 0 Å². The van der Waals surface area contributed by atoms with Gasteiger partial charge in [0.1, 0.15) is 0 Å². The van der Waals surface area contributed by atoms with Crippen LogP contribution in [0.25, 0.3) is 11.1 Å². The molecule has 2 unspecified atom stereocenters. The van der Waals surface area contributed by atoms with Crippen LogP contribution >= 0.6 is 0 Å². The van der Waals surface area contributed by atoms with E-state index in [0.29, 0.717) is 12.1 Å². The fourth-order valence-corrected chi connectivity index (χ4v) is 3.71. The average Bonchev–Trinajstić information content (AvgIpc) is 2.58. The number of aromatic nitrogens is 3. The molecule has 23 heavy (non-hydrogen) atoms. The number of hydrogen-bond acceptors (Lipinski definition) is 4. The molecule has 3 heterocycles. The lowest BCUT2D eigenvalue weighted by atomic mass is 9.80. The third-order valence-electron chi connectivity index (χ3n) is 4.94. The van der Waals surface area contributed by atoms with Crippen LogP contribution in [0.3, 0.4) is 0 Å². The van der Waals surface area contributed by atoms with Gasteiger partial charge < -0.3 is 10.2 Å². The van der Waals surface area contributed by atoms with Crippen molar-refractivity contribution in [2.45, 2.75) is 44.7 Å². The number of rotatable bonds is 2. The zero-order valence-electron chi connectivity index (χ0n) is 13.1. The molecule has 2 aromatic rings. The lowest BCUT2D eigenvalue weighted by Gasteiger charge is -2.52. The highest BCUT2D eigenvalue weighted by Gasteiger charge is 2.44. The van der Waals surface area contributed by atoms with Gasteiger partial charge in [-0.1, -0.05) is 6.07 Å². The first kappa shape index (κ1) is 14.1. The quantitative estimate of drug-likeness (QED) is 0.925. The first-order valence-electron chi connectivity index (χ1n) is 8.06. The summed E-state index contributed by atoms with van der Waals surface area (Å²) in [6, 6.07) is 6.81. The molecule has 0 spiro atoms. The van der Waals surface area contributed by atoms with Crippen LogP contribution in [0.15, 0.2) is 30.6 Å². The van der Waals surface area contributed by atoms with Gasteiger partial charge in [-0.05, 0) is 61.1 Å². The first-order chi connectivity index (χ1) is 11.2. The highest BCUT2D eigenvalue weighted by Crippen LogP contribution is 2.38. The minimum absolute atomic E-state index is 0.0201. The standard InChI is InChI=1S/C17H19N5O/c1-11-5-6-13(7-16(11)12-9-18-21-19-10-12)20-17(23)22-14-3-2-4-15(22)8-14/h5-7,9-10,14-15H,2-4,8H2,1H3,(H,20,23). The third kappa shape index (κ3) is 2.54. The molecule has 1 aromatic heterocycles. The maximum atomic E-state index is 12.5. The van der Waals surface area contributed by atoms with Crippen LogP contribution in [0.5, 0.6) is 0 Å². The average molecular weight is 309 g/mol. The topological polar surface area (TPSA) is 71.0 Å². The number of benzene rings is 1. The molecule has 2 bridgehead atoms. The number of carbonyl (C=O) groups excluding carboxylic acids is 1. The summed E-state index contributed by atoms with van der Waals surface area (Å²) in [6.07, 6.45) is 8.05. The summed E-state index contributed by atoms with van der Waals surface area (Å²) in [4.78, 5) is 14.5. The number of nitrogens with one attached hydrogen (secondary N) is 1. The first-order valence-corrected chi connectivity index (χ1v) is 8.06. The third-order valence-corrected chi connectivity index (χ3v) is 4.94. The molecule has 6 nitrogen and oxygen atoms in total. The Morgan fingerprint density at radius 1 is 1.22 bits per heavy atom. The van der Waals surface area contributed by atoms with Gasteiger partial charge in [-0.3, -0.25) is 0 Å². The molecular formula is C17H19N5O. The molecule has 1 N–H and O–H groups in total. The Morgan fingerprint density at radius 3 is 2.65 bits per heavy atom. The van der Waals surface area contributed by atoms with E-state index in [-0.39, 0.29) is 6.03 Å². The number of carbonyl (C=O) groups is 1. The normalized spacial score (nSPS) is 22.4. The number of anilines is 1. The number of aryl methyl sites for hydroxylation is 1. The molecule has 0 saturated carbocycles. The monoisotopic (exact) mass is 309 g/mol. The number of piperidine rings is 1. The van der Waals surface area contributed by atoms with Gasteiger partial charge >= 0.3 is 6.03 Å². The molecule has 2 amide bonds. The van der Waals surface area contributed by atoms with Gasteiger partial charge in [0.05, 0.1) is 12.4 Å². The van der Waals surface area contributed by atoms with Crippen molar-refractivity contribution in [2.75, 3.05) is 5.32 Å². The van der Waals surface area contributed by atoms with Crippen LogP contribution in [-0.4, -0.2) is 38.4 Å². The van der Waals surface area contributed by atoms with Gasteiger partial charge in [0, 0.05) is 23.3 Å². The summed E-state index contributed by atoms with van der Waals surface area (Å²) < 4.78 is 0. The summed E-state index contributed by atoms with van der Waals surface area (Å²) in [5, 5.41) is 14.3. The van der Waals surface area contributed by atoms with E-state index in [4.69, 9.17) is 0 Å². The zero-order chi connectivity index (χ0) is 15.8. The fraction of sp³-hybridized carbons (Fsp3) is 0.412. The van der Waals surface area contributed by atoms with Crippen LogP contribution in [-0.2, 0) is 0 Å². The van der Waals surface area contributed by atoms with Gasteiger partial charge in [0.25, 0.3) is 0 Å². The van der Waals surface area contributed by atoms with Gasteiger partial charge in [-0.25, -0.2) is 4.79 Å². The van der Waals surface area contributed by atoms with E-state index in [2.05, 4.69) is 20.7 Å². The SMILES string of the molecule is Cc1ccc(NC(=O)N2C3CCCC2C3)cc1-c1cnnnc1. The van der Waals surface area contributed by atoms with Crippen LogP contribution < -0.4 is 5.32 Å². The van der Waals surface area contributed by atoms with Gasteiger partial charge in [0.15, 0.2) is 0 Å². The predicted octanol–water partition coefficient (Wildman–Crippen LogP) is 3.01. The Bertz CT molecular complexity index is 719. The van der Waals surface area contributed by atoms with Crippen molar-refractivity contribution < 1.29 is 4.79 Å². The van der Waals surface area contributed by atoms with Crippen molar-refractivity contribution in [3.63, 3.8) is 0 Å². The van der Waals surface area contributed by atoms with Crippen LogP contribution in [0.1, 0.15) is 31.2 Å². The van der Waals surface area contributed by atoms with Crippen molar-refractivity contribution >= 4 is 11.7 Å². The minimum atomic E-state index is 0.0201. The number of urea groups is 1. The van der Waals surface area contributed by atoms with Crippen molar-refractivity contribution in [1.82, 2.24) is 20.3 Å². The Morgan fingerprint density at radius 2 is 1.96 bits per heavy atom. The Kier molecular flexibility index (Phi) is 3.44. The Hall–Kier alpha value is -2.50. The molecule has 2 aliphatic rings. The highest BCUT2D eigenvalue weighted by molar-refractivity contribution is 5.91. The number of nitrogens with zero attached hydrogens (tertiary/aromatic N) is 4. The molecule has 0 radical (unpaired) electrons. The van der Waals surface area contributed by atoms with Crippen molar-refractivity contribution in [1.29, 1.82) is 0 Å². The predicted molar refractivity (Wildman–Crippen MR) is 86.9 cm³/mol. The largest absolute Gasteiger partial charge is 0.322 e. The number of hydrogen-bond donors (Lipinski definition) is 1. The molecule has 2 atom stereocenters. The molecule has 1 aromatic carbocycles. The van der Waals surface area contributed by atoms with Crippen LogP contribution in [0, 0.1) is 6.92 Å². The Labute approximate surface area is 134 Å². The summed E-state index contributed by atoms with van der Waals surface area (Å²) in [5.41, 5.74) is 3.82. The summed E-state index contributed by atoms with van der Waals surface area (Å²) in [5.74, 6) is 0. The summed E-state index contributed by atoms with van der Waals surface area (Å²) in [6.45, 7) is 2.03. The van der Waals surface area contributed by atoms with E-state index in [1.165, 1.54) is 12.8 Å². The molecule has 118 valence electrons. The molecule has 2 saturated heterocycles. The van der Waals surface area contributed by atoms with Gasteiger partial charge in [-0.2, -0.15) is 0 Å². The van der Waals surface area contributed by atoms with Crippen molar-refractivity contribution in [2.24, 2.45) is 0 Å². The molecule has 6 heteroatoms. The maximum absolute atomic E-state index is 12.5. The second-order valence-corrected chi connectivity index (χ2v) is 6.38. The van der Waals surface area contributed by atoms with E-state index in [1.807, 2.05) is 30.0 Å². The second-order valence-electron chi connectivity index (χ2n) is 6.38. The van der Waals surface area contributed by atoms with Crippen LogP contribution in [0.2, 0.25) is 0 Å². The smallest absolute Gasteiger partial charge is 0.318 e. The molecule has 0 aliphatic carbocycles. The number of amides is 2. The maximum Gasteiger partial charge on any atom is 0.322 e. The van der Waals surface area contributed by atoms with E-state index in [9.17, 15) is 4.79 Å². The van der Waals surface area contributed by atoms with E-state index in [0.717, 1.165) is 35.2 Å². The van der Waals surface area contributed by atoms with Crippen molar-refractivity contribution in [3.05, 3.63) is 36.2 Å². The second kappa shape index (κ2) is 5.61. The summed E-state index contributed by atoms with van der Waals surface area (Å²) >= 11 is 0. The molecule has 4 rings (SSSR count). The number of fused-ring (bicyclic) bond motifs is 2. The van der Waals surface area contributed by atoms with Crippen molar-refractivity contribution in [3.8, 4) is 11.1 Å². The fourth-order valence-electron chi connectivity index (χ4n) is 3.71.